The zero-order chi connectivity index (χ0) is 10.6. The molecule has 1 atom stereocenters. The van der Waals surface area contributed by atoms with Crippen LogP contribution in [0.2, 0.25) is 5.02 Å². The van der Waals surface area contributed by atoms with Crippen molar-refractivity contribution in [3.8, 4) is 0 Å². The lowest BCUT2D eigenvalue weighted by atomic mass is 10.2. The van der Waals surface area contributed by atoms with Crippen molar-refractivity contribution in [1.82, 2.24) is 0 Å². The molecule has 0 saturated carbocycles. The molecule has 14 heavy (non-hydrogen) atoms. The Morgan fingerprint density at radius 3 is 2.86 bits per heavy atom. The van der Waals surface area contributed by atoms with E-state index in [4.69, 9.17) is 17.3 Å². The van der Waals surface area contributed by atoms with Crippen LogP contribution in [0.25, 0.3) is 0 Å². The fraction of sp³-hybridized carbons (Fsp3) is 0.400. The first-order valence-electron chi connectivity index (χ1n) is 4.52. The van der Waals surface area contributed by atoms with Crippen molar-refractivity contribution in [3.05, 3.63) is 29.0 Å². The highest BCUT2D eigenvalue weighted by atomic mass is 35.5. The molecular weight excluding hydrogens is 203 g/mol. The summed E-state index contributed by atoms with van der Waals surface area (Å²) in [5.74, 6) is -0.0112. The molecule has 0 aromatic heterocycles. The summed E-state index contributed by atoms with van der Waals surface area (Å²) < 4.78 is 12.8. The molecule has 0 heterocycles. The van der Waals surface area contributed by atoms with Crippen LogP contribution in [0.5, 0.6) is 0 Å². The summed E-state index contributed by atoms with van der Waals surface area (Å²) in [5.41, 5.74) is 6.28. The molecule has 1 aromatic carbocycles. The van der Waals surface area contributed by atoms with E-state index in [1.807, 2.05) is 6.92 Å². The van der Waals surface area contributed by atoms with Gasteiger partial charge in [-0.15, -0.1) is 0 Å². The third-order valence-corrected chi connectivity index (χ3v) is 2.27. The lowest BCUT2D eigenvalue weighted by Crippen LogP contribution is -2.19. The molecule has 0 spiro atoms. The van der Waals surface area contributed by atoms with Gasteiger partial charge in [0.15, 0.2) is 0 Å². The standard InChI is InChI=1S/C10H14ClFN2/c1-7(5-13)6-14-8-2-3-10(12)9(11)4-8/h2-4,7,14H,5-6,13H2,1H3. The largest absolute Gasteiger partial charge is 0.385 e. The van der Waals surface area contributed by atoms with Gasteiger partial charge in [-0.25, -0.2) is 4.39 Å². The summed E-state index contributed by atoms with van der Waals surface area (Å²) in [5, 5.41) is 3.27. The van der Waals surface area contributed by atoms with Crippen molar-refractivity contribution in [3.63, 3.8) is 0 Å². The van der Waals surface area contributed by atoms with Crippen molar-refractivity contribution in [2.24, 2.45) is 11.7 Å². The van der Waals surface area contributed by atoms with Crippen LogP contribution in [0.15, 0.2) is 18.2 Å². The molecule has 0 amide bonds. The molecule has 78 valence electrons. The highest BCUT2D eigenvalue weighted by Crippen LogP contribution is 2.19. The summed E-state index contributed by atoms with van der Waals surface area (Å²) in [7, 11) is 0. The van der Waals surface area contributed by atoms with Crippen LogP contribution in [-0.4, -0.2) is 13.1 Å². The Morgan fingerprint density at radius 2 is 2.29 bits per heavy atom. The molecule has 1 rings (SSSR count). The monoisotopic (exact) mass is 216 g/mol. The first-order valence-corrected chi connectivity index (χ1v) is 4.90. The fourth-order valence-electron chi connectivity index (χ4n) is 0.982. The lowest BCUT2D eigenvalue weighted by molar-refractivity contribution is 0.624. The van der Waals surface area contributed by atoms with Crippen molar-refractivity contribution in [1.29, 1.82) is 0 Å². The molecule has 1 aromatic rings. The summed E-state index contributed by atoms with van der Waals surface area (Å²) in [4.78, 5) is 0. The zero-order valence-corrected chi connectivity index (χ0v) is 8.81. The van der Waals surface area contributed by atoms with E-state index in [1.54, 1.807) is 12.1 Å². The van der Waals surface area contributed by atoms with E-state index >= 15 is 0 Å². The zero-order valence-electron chi connectivity index (χ0n) is 8.06. The van der Waals surface area contributed by atoms with Gasteiger partial charge in [0.1, 0.15) is 5.82 Å². The topological polar surface area (TPSA) is 38.0 Å². The maximum Gasteiger partial charge on any atom is 0.141 e. The van der Waals surface area contributed by atoms with Gasteiger partial charge in [-0.05, 0) is 30.7 Å². The number of nitrogens with two attached hydrogens (primary N) is 1. The Morgan fingerprint density at radius 1 is 1.57 bits per heavy atom. The summed E-state index contributed by atoms with van der Waals surface area (Å²) in [6, 6.07) is 4.57. The summed E-state index contributed by atoms with van der Waals surface area (Å²) >= 11 is 5.62. The van der Waals surface area contributed by atoms with Crippen LogP contribution in [0.4, 0.5) is 10.1 Å². The van der Waals surface area contributed by atoms with Gasteiger partial charge in [-0.1, -0.05) is 18.5 Å². The molecule has 0 aliphatic heterocycles. The first kappa shape index (κ1) is 11.3. The second-order valence-electron chi connectivity index (χ2n) is 3.35. The third kappa shape index (κ3) is 3.16. The maximum absolute atomic E-state index is 12.8. The van der Waals surface area contributed by atoms with E-state index in [-0.39, 0.29) is 5.02 Å². The number of benzene rings is 1. The number of hydrogen-bond donors (Lipinski definition) is 2. The smallest absolute Gasteiger partial charge is 0.141 e. The molecule has 0 aliphatic carbocycles. The van der Waals surface area contributed by atoms with Crippen molar-refractivity contribution in [2.75, 3.05) is 18.4 Å². The molecule has 0 aliphatic rings. The second-order valence-corrected chi connectivity index (χ2v) is 3.76. The van der Waals surface area contributed by atoms with Crippen molar-refractivity contribution < 1.29 is 4.39 Å². The van der Waals surface area contributed by atoms with Crippen LogP contribution in [0.3, 0.4) is 0 Å². The Hall–Kier alpha value is -0.800. The first-order chi connectivity index (χ1) is 6.63. The second kappa shape index (κ2) is 5.17. The van der Waals surface area contributed by atoms with Crippen LogP contribution in [-0.2, 0) is 0 Å². The van der Waals surface area contributed by atoms with E-state index in [1.165, 1.54) is 6.07 Å². The predicted molar refractivity (Wildman–Crippen MR) is 58.1 cm³/mol. The Labute approximate surface area is 88.2 Å². The average molecular weight is 217 g/mol. The Balaban J connectivity index is 2.55. The minimum atomic E-state index is -0.399. The van der Waals surface area contributed by atoms with Gasteiger partial charge >= 0.3 is 0 Å². The molecule has 4 heteroatoms. The normalized spacial score (nSPS) is 12.6. The molecule has 2 nitrogen and oxygen atoms in total. The van der Waals surface area contributed by atoms with Gasteiger partial charge in [0, 0.05) is 12.2 Å². The van der Waals surface area contributed by atoms with Gasteiger partial charge in [-0.3, -0.25) is 0 Å². The van der Waals surface area contributed by atoms with Gasteiger partial charge in [0.05, 0.1) is 5.02 Å². The molecule has 0 radical (unpaired) electrons. The number of halogens is 2. The number of hydrogen-bond acceptors (Lipinski definition) is 2. The molecule has 1 unspecified atom stereocenters. The van der Waals surface area contributed by atoms with Crippen LogP contribution >= 0.6 is 11.6 Å². The van der Waals surface area contributed by atoms with E-state index in [0.717, 1.165) is 12.2 Å². The van der Waals surface area contributed by atoms with Crippen molar-refractivity contribution in [2.45, 2.75) is 6.92 Å². The van der Waals surface area contributed by atoms with E-state index in [0.29, 0.717) is 12.5 Å². The molecule has 3 N–H and O–H groups in total. The van der Waals surface area contributed by atoms with Gasteiger partial charge in [0.2, 0.25) is 0 Å². The molecule has 0 bridgehead atoms. The average Bonchev–Trinajstić information content (AvgIpc) is 2.19. The van der Waals surface area contributed by atoms with E-state index < -0.39 is 5.82 Å². The van der Waals surface area contributed by atoms with E-state index in [9.17, 15) is 4.39 Å². The molecule has 0 fully saturated rings. The Bertz CT molecular complexity index is 304. The fourth-order valence-corrected chi connectivity index (χ4v) is 1.16. The van der Waals surface area contributed by atoms with Gasteiger partial charge < -0.3 is 11.1 Å². The minimum Gasteiger partial charge on any atom is -0.385 e. The Kier molecular flexibility index (Phi) is 4.17. The summed E-state index contributed by atoms with van der Waals surface area (Å²) in [6.45, 7) is 3.43. The predicted octanol–water partition coefficient (Wildman–Crippen LogP) is 2.49. The van der Waals surface area contributed by atoms with E-state index in [2.05, 4.69) is 5.32 Å². The van der Waals surface area contributed by atoms with Crippen LogP contribution in [0, 0.1) is 11.7 Å². The maximum atomic E-state index is 12.8. The molecular formula is C10H14ClFN2. The van der Waals surface area contributed by atoms with Crippen LogP contribution in [0.1, 0.15) is 6.92 Å². The SMILES string of the molecule is CC(CN)CNc1ccc(F)c(Cl)c1. The van der Waals surface area contributed by atoms with Gasteiger partial charge in [0.25, 0.3) is 0 Å². The van der Waals surface area contributed by atoms with Crippen molar-refractivity contribution >= 4 is 17.3 Å². The number of rotatable bonds is 4. The third-order valence-electron chi connectivity index (χ3n) is 1.98. The number of anilines is 1. The van der Waals surface area contributed by atoms with Gasteiger partial charge in [-0.2, -0.15) is 0 Å². The van der Waals surface area contributed by atoms with Crippen LogP contribution < -0.4 is 11.1 Å². The minimum absolute atomic E-state index is 0.135. The summed E-state index contributed by atoms with van der Waals surface area (Å²) in [6.07, 6.45) is 0. The lowest BCUT2D eigenvalue weighted by Gasteiger charge is -2.11. The number of nitrogens with one attached hydrogen (secondary N) is 1. The highest BCUT2D eigenvalue weighted by Gasteiger charge is 2.02. The quantitative estimate of drug-likeness (QED) is 0.812. The highest BCUT2D eigenvalue weighted by molar-refractivity contribution is 6.31. The molecule has 0 saturated heterocycles.